The highest BCUT2D eigenvalue weighted by molar-refractivity contribution is 5.81. The number of amides is 2. The third-order valence-corrected chi connectivity index (χ3v) is 6.44. The SMILES string of the molecule is CC(N)=O.O=C1NC(C(F)(F)F)CCC1Cc1ccc2[nH]c(C=C(C3CC3)C3CC3)nc2c1F. The molecule has 1 aromatic carbocycles. The Labute approximate surface area is 194 Å². The molecule has 0 bridgehead atoms. The van der Waals surface area contributed by atoms with Gasteiger partial charge in [-0.2, -0.15) is 13.2 Å². The summed E-state index contributed by atoms with van der Waals surface area (Å²) in [6.07, 6.45) is 2.38. The normalized spacial score (nSPS) is 22.6. The summed E-state index contributed by atoms with van der Waals surface area (Å²) in [6.45, 7) is 1.31. The molecule has 2 heterocycles. The van der Waals surface area contributed by atoms with Crippen molar-refractivity contribution in [1.82, 2.24) is 15.3 Å². The smallest absolute Gasteiger partial charge is 0.370 e. The number of nitrogens with one attached hydrogen (secondary N) is 2. The van der Waals surface area contributed by atoms with Crippen LogP contribution in [0.15, 0.2) is 17.7 Å². The predicted octanol–water partition coefficient (Wildman–Crippen LogP) is 4.40. The number of fused-ring (bicyclic) bond motifs is 1. The van der Waals surface area contributed by atoms with Gasteiger partial charge in [-0.25, -0.2) is 9.37 Å². The fraction of sp³-hybridized carbons (Fsp3) is 0.542. The van der Waals surface area contributed by atoms with E-state index in [0.717, 1.165) is 0 Å². The van der Waals surface area contributed by atoms with Crippen LogP contribution < -0.4 is 11.1 Å². The standard InChI is InChI=1S/C22H23F4N3O.C2H5NO/c23-19-13(9-14-6-8-17(22(24,25)26)28-21(14)30)5-7-16-20(19)29-18(27-16)10-15(11-1-2-11)12-3-4-12;1-2(3)4/h5,7,10-12,14,17H,1-4,6,8-9H2,(H,27,29)(H,28,30);1H3,(H2,3,4). The molecule has 2 atom stereocenters. The lowest BCUT2D eigenvalue weighted by Crippen LogP contribution is -2.51. The number of nitrogens with two attached hydrogens (primary N) is 1. The summed E-state index contributed by atoms with van der Waals surface area (Å²) in [4.78, 5) is 29.0. The number of alkyl halides is 3. The van der Waals surface area contributed by atoms with Gasteiger partial charge < -0.3 is 16.0 Å². The van der Waals surface area contributed by atoms with Crippen LogP contribution in [0.5, 0.6) is 0 Å². The van der Waals surface area contributed by atoms with Gasteiger partial charge in [0.2, 0.25) is 11.8 Å². The number of allylic oxidation sites excluding steroid dienone is 1. The highest BCUT2D eigenvalue weighted by Crippen LogP contribution is 2.49. The van der Waals surface area contributed by atoms with Crippen molar-refractivity contribution in [2.24, 2.45) is 23.5 Å². The molecule has 2 aromatic rings. The molecule has 2 amide bonds. The van der Waals surface area contributed by atoms with Gasteiger partial charge >= 0.3 is 6.18 Å². The molecule has 184 valence electrons. The summed E-state index contributed by atoms with van der Waals surface area (Å²) in [5.74, 6) is -0.280. The summed E-state index contributed by atoms with van der Waals surface area (Å²) in [5, 5.41) is 2.03. The molecule has 2 aliphatic carbocycles. The second-order valence-electron chi connectivity index (χ2n) is 9.44. The van der Waals surface area contributed by atoms with Gasteiger partial charge in [-0.05, 0) is 74.5 Å². The number of H-pyrrole nitrogens is 1. The number of carbonyl (C=O) groups excluding carboxylic acids is 2. The third kappa shape index (κ3) is 5.77. The largest absolute Gasteiger partial charge is 0.408 e. The number of piperidine rings is 1. The second kappa shape index (κ2) is 9.38. The number of hydrogen-bond acceptors (Lipinski definition) is 3. The molecule has 5 rings (SSSR count). The summed E-state index contributed by atoms with van der Waals surface area (Å²) in [5.41, 5.74) is 6.99. The Morgan fingerprint density at radius 3 is 2.29 bits per heavy atom. The van der Waals surface area contributed by atoms with E-state index in [2.05, 4.69) is 21.8 Å². The maximum Gasteiger partial charge on any atom is 0.408 e. The lowest BCUT2D eigenvalue weighted by atomic mass is 9.88. The zero-order chi connectivity index (χ0) is 24.6. The van der Waals surface area contributed by atoms with E-state index in [0.29, 0.717) is 28.7 Å². The molecule has 3 fully saturated rings. The number of aromatic amines is 1. The van der Waals surface area contributed by atoms with Gasteiger partial charge in [0.05, 0.1) is 5.52 Å². The van der Waals surface area contributed by atoms with Crippen LogP contribution in [0, 0.1) is 23.6 Å². The van der Waals surface area contributed by atoms with Gasteiger partial charge in [-0.3, -0.25) is 9.59 Å². The number of rotatable bonds is 5. The Kier molecular flexibility index (Phi) is 6.69. The quantitative estimate of drug-likeness (QED) is 0.553. The van der Waals surface area contributed by atoms with Crippen LogP contribution in [-0.2, 0) is 16.0 Å². The van der Waals surface area contributed by atoms with Gasteiger partial charge in [0.15, 0.2) is 5.82 Å². The van der Waals surface area contributed by atoms with Gasteiger partial charge in [-0.1, -0.05) is 11.6 Å². The summed E-state index contributed by atoms with van der Waals surface area (Å²) in [7, 11) is 0. The van der Waals surface area contributed by atoms with Crippen LogP contribution in [0.2, 0.25) is 0 Å². The number of aromatic nitrogens is 2. The van der Waals surface area contributed by atoms with Crippen LogP contribution in [0.1, 0.15) is 56.8 Å². The molecule has 0 radical (unpaired) electrons. The number of primary amides is 1. The number of nitrogens with zero attached hydrogens (tertiary/aromatic N) is 1. The zero-order valence-corrected chi connectivity index (χ0v) is 18.8. The lowest BCUT2D eigenvalue weighted by molar-refractivity contribution is -0.169. The van der Waals surface area contributed by atoms with E-state index in [1.54, 1.807) is 12.1 Å². The highest BCUT2D eigenvalue weighted by atomic mass is 19.4. The molecular weight excluding hydrogens is 452 g/mol. The van der Waals surface area contributed by atoms with Crippen molar-refractivity contribution in [3.8, 4) is 0 Å². The van der Waals surface area contributed by atoms with Crippen LogP contribution in [0.4, 0.5) is 17.6 Å². The molecule has 1 aromatic heterocycles. The number of benzene rings is 1. The van der Waals surface area contributed by atoms with E-state index < -0.39 is 29.9 Å². The molecule has 34 heavy (non-hydrogen) atoms. The monoisotopic (exact) mass is 480 g/mol. The van der Waals surface area contributed by atoms with Gasteiger partial charge in [0.1, 0.15) is 17.4 Å². The van der Waals surface area contributed by atoms with Gasteiger partial charge in [0, 0.05) is 12.8 Å². The third-order valence-electron chi connectivity index (χ3n) is 6.44. The summed E-state index contributed by atoms with van der Waals surface area (Å²) < 4.78 is 53.5. The fourth-order valence-corrected chi connectivity index (χ4v) is 4.46. The zero-order valence-electron chi connectivity index (χ0n) is 18.8. The first-order valence-corrected chi connectivity index (χ1v) is 11.5. The van der Waals surface area contributed by atoms with Gasteiger partial charge in [0.25, 0.3) is 0 Å². The minimum Gasteiger partial charge on any atom is -0.370 e. The molecule has 1 saturated heterocycles. The number of carbonyl (C=O) groups is 2. The Morgan fingerprint density at radius 2 is 1.76 bits per heavy atom. The Bertz CT molecular complexity index is 1100. The molecular formula is C24H28F4N4O2. The van der Waals surface area contributed by atoms with Crippen molar-refractivity contribution in [3.63, 3.8) is 0 Å². The first-order chi connectivity index (χ1) is 16.0. The molecule has 3 aliphatic rings. The van der Waals surface area contributed by atoms with E-state index in [-0.39, 0.29) is 30.7 Å². The van der Waals surface area contributed by atoms with Crippen molar-refractivity contribution in [1.29, 1.82) is 0 Å². The maximum absolute atomic E-state index is 15.1. The number of halogens is 4. The second-order valence-corrected chi connectivity index (χ2v) is 9.44. The van der Waals surface area contributed by atoms with Crippen molar-refractivity contribution < 1.29 is 27.2 Å². The van der Waals surface area contributed by atoms with Crippen molar-refractivity contribution in [2.75, 3.05) is 0 Å². The van der Waals surface area contributed by atoms with Crippen LogP contribution in [0.3, 0.4) is 0 Å². The Balaban J connectivity index is 0.000000636. The molecule has 2 unspecified atom stereocenters. The number of imidazole rings is 1. The van der Waals surface area contributed by atoms with E-state index in [1.807, 2.05) is 5.32 Å². The van der Waals surface area contributed by atoms with Crippen LogP contribution in [0.25, 0.3) is 17.1 Å². The minimum absolute atomic E-state index is 0.0611. The number of hydrogen-bond donors (Lipinski definition) is 3. The summed E-state index contributed by atoms with van der Waals surface area (Å²) in [6, 6.07) is 1.50. The summed E-state index contributed by atoms with van der Waals surface area (Å²) >= 11 is 0. The fourth-order valence-electron chi connectivity index (χ4n) is 4.46. The minimum atomic E-state index is -4.45. The lowest BCUT2D eigenvalue weighted by Gasteiger charge is -2.30. The molecule has 1 aliphatic heterocycles. The maximum atomic E-state index is 15.1. The highest BCUT2D eigenvalue weighted by Gasteiger charge is 2.44. The predicted molar refractivity (Wildman–Crippen MR) is 119 cm³/mol. The first-order valence-electron chi connectivity index (χ1n) is 11.5. The van der Waals surface area contributed by atoms with E-state index in [4.69, 9.17) is 0 Å². The molecule has 2 saturated carbocycles. The van der Waals surface area contributed by atoms with Crippen LogP contribution in [-0.4, -0.2) is 34.0 Å². The molecule has 4 N–H and O–H groups in total. The first kappa shape index (κ1) is 24.2. The average Bonchev–Trinajstić information content (AvgIpc) is 3.67. The Hall–Kier alpha value is -2.91. The van der Waals surface area contributed by atoms with Crippen molar-refractivity contribution >= 4 is 28.9 Å². The van der Waals surface area contributed by atoms with E-state index in [1.165, 1.54) is 38.2 Å². The van der Waals surface area contributed by atoms with Gasteiger partial charge in [-0.15, -0.1) is 0 Å². The van der Waals surface area contributed by atoms with Crippen LogP contribution >= 0.6 is 0 Å². The molecule has 0 spiro atoms. The van der Waals surface area contributed by atoms with Crippen molar-refractivity contribution in [3.05, 3.63) is 34.9 Å². The average molecular weight is 481 g/mol. The topological polar surface area (TPSA) is 101 Å². The van der Waals surface area contributed by atoms with E-state index >= 15 is 4.39 Å². The molecule has 10 heteroatoms. The Morgan fingerprint density at radius 1 is 1.15 bits per heavy atom. The van der Waals surface area contributed by atoms with Crippen molar-refractivity contribution in [2.45, 2.75) is 64.1 Å². The molecule has 6 nitrogen and oxygen atoms in total. The van der Waals surface area contributed by atoms with E-state index in [9.17, 15) is 22.8 Å².